The van der Waals surface area contributed by atoms with Gasteiger partial charge < -0.3 is 25.4 Å². The number of nitrogens with one attached hydrogen (secondary N) is 2. The van der Waals surface area contributed by atoms with Gasteiger partial charge in [-0.15, -0.1) is 0 Å². The fourth-order valence-electron chi connectivity index (χ4n) is 4.13. The molecule has 1 aliphatic rings. The molecule has 1 aromatic carbocycles. The van der Waals surface area contributed by atoms with Crippen LogP contribution in [0.5, 0.6) is 5.75 Å². The Morgan fingerprint density at radius 3 is 2.81 bits per heavy atom. The van der Waals surface area contributed by atoms with Crippen molar-refractivity contribution in [1.29, 1.82) is 0 Å². The van der Waals surface area contributed by atoms with Crippen LogP contribution in [0.15, 0.2) is 42.7 Å². The van der Waals surface area contributed by atoms with E-state index in [9.17, 15) is 9.90 Å². The molecule has 2 aromatic heterocycles. The molecule has 3 aromatic rings. The van der Waals surface area contributed by atoms with E-state index in [2.05, 4.69) is 25.6 Å². The summed E-state index contributed by atoms with van der Waals surface area (Å²) in [7, 11) is 3.45. The van der Waals surface area contributed by atoms with Crippen molar-refractivity contribution in [1.82, 2.24) is 25.0 Å². The average Bonchev–Trinajstić information content (AvgIpc) is 3.22. The summed E-state index contributed by atoms with van der Waals surface area (Å²) in [6.45, 7) is 2.55. The number of carbonyl (C=O) groups is 1. The van der Waals surface area contributed by atoms with Crippen LogP contribution in [0.4, 0.5) is 5.82 Å². The van der Waals surface area contributed by atoms with Gasteiger partial charge in [-0.1, -0.05) is 0 Å². The molecule has 32 heavy (non-hydrogen) atoms. The molecule has 1 saturated heterocycles. The number of aliphatic hydroxyl groups is 1. The molecular weight excluding hydrogens is 408 g/mol. The summed E-state index contributed by atoms with van der Waals surface area (Å²) < 4.78 is 6.98. The van der Waals surface area contributed by atoms with Gasteiger partial charge in [-0.2, -0.15) is 5.10 Å². The fourth-order valence-corrected chi connectivity index (χ4v) is 4.13. The van der Waals surface area contributed by atoms with Gasteiger partial charge in [0.25, 0.3) is 0 Å². The van der Waals surface area contributed by atoms with Crippen LogP contribution >= 0.6 is 0 Å². The lowest BCUT2D eigenvalue weighted by Gasteiger charge is -2.33. The number of rotatable bonds is 8. The van der Waals surface area contributed by atoms with E-state index in [0.717, 1.165) is 48.1 Å². The number of likely N-dealkylation sites (tertiary alicyclic amines) is 1. The number of benzene rings is 1. The van der Waals surface area contributed by atoms with Crippen LogP contribution in [0.2, 0.25) is 0 Å². The van der Waals surface area contributed by atoms with Crippen molar-refractivity contribution in [3.63, 3.8) is 0 Å². The maximum absolute atomic E-state index is 12.1. The Labute approximate surface area is 187 Å². The van der Waals surface area contributed by atoms with Crippen molar-refractivity contribution in [2.75, 3.05) is 38.6 Å². The molecule has 170 valence electrons. The van der Waals surface area contributed by atoms with Crippen LogP contribution in [0.1, 0.15) is 24.5 Å². The first-order valence-corrected chi connectivity index (χ1v) is 10.9. The first kappa shape index (κ1) is 22.2. The van der Waals surface area contributed by atoms with E-state index >= 15 is 0 Å². The van der Waals surface area contributed by atoms with E-state index in [0.29, 0.717) is 12.4 Å². The highest BCUT2D eigenvalue weighted by molar-refractivity contribution is 5.91. The minimum atomic E-state index is -0.610. The van der Waals surface area contributed by atoms with E-state index < -0.39 is 6.10 Å². The zero-order valence-corrected chi connectivity index (χ0v) is 18.5. The summed E-state index contributed by atoms with van der Waals surface area (Å²) in [4.78, 5) is 18.8. The van der Waals surface area contributed by atoms with Gasteiger partial charge in [0, 0.05) is 43.5 Å². The van der Waals surface area contributed by atoms with Crippen molar-refractivity contribution in [3.8, 4) is 5.75 Å². The second-order valence-electron chi connectivity index (χ2n) is 8.18. The van der Waals surface area contributed by atoms with Crippen LogP contribution in [0, 0.1) is 0 Å². The monoisotopic (exact) mass is 438 g/mol. The Balaban J connectivity index is 1.26. The van der Waals surface area contributed by atoms with Crippen molar-refractivity contribution in [2.45, 2.75) is 25.0 Å². The van der Waals surface area contributed by atoms with Crippen molar-refractivity contribution in [2.24, 2.45) is 7.05 Å². The number of methoxy groups -OCH3 is 1. The number of anilines is 1. The largest absolute Gasteiger partial charge is 0.497 e. The topological polar surface area (TPSA) is 105 Å². The third-order valence-electron chi connectivity index (χ3n) is 5.89. The summed E-state index contributed by atoms with van der Waals surface area (Å²) in [6, 6.07) is 9.63. The molecule has 0 aliphatic carbocycles. The third kappa shape index (κ3) is 5.42. The zero-order chi connectivity index (χ0) is 22.5. The minimum Gasteiger partial charge on any atom is -0.497 e. The number of hydrogen-bond acceptors (Lipinski definition) is 7. The smallest absolute Gasteiger partial charge is 0.239 e. The summed E-state index contributed by atoms with van der Waals surface area (Å²) in [5.74, 6) is 1.21. The number of β-amino-alcohol motifs (C(OH)–C–C–N with tert-alkyl or cyclic N) is 1. The van der Waals surface area contributed by atoms with Gasteiger partial charge in [-0.25, -0.2) is 0 Å². The van der Waals surface area contributed by atoms with Gasteiger partial charge in [0.1, 0.15) is 5.75 Å². The van der Waals surface area contributed by atoms with Gasteiger partial charge in [-0.3, -0.25) is 14.5 Å². The van der Waals surface area contributed by atoms with E-state index in [1.54, 1.807) is 30.3 Å². The molecule has 3 heterocycles. The standard InChI is InChI=1S/C23H30N6O3/c1-28-10-8-22(27-28)26-23(31)14-25-16-6-11-29(12-7-16)15-21(30)18-5-9-24-20-4-3-17(32-2)13-19(18)20/h3-5,8-10,13,16,21,25,30H,6-7,11-12,14-15H2,1-2H3,(H,26,27,31)/t21-/m0/s1. The predicted octanol–water partition coefficient (Wildman–Crippen LogP) is 1.70. The molecule has 3 N–H and O–H groups in total. The Morgan fingerprint density at radius 1 is 1.28 bits per heavy atom. The van der Waals surface area contributed by atoms with E-state index in [4.69, 9.17) is 4.74 Å². The summed E-state index contributed by atoms with van der Waals surface area (Å²) >= 11 is 0. The highest BCUT2D eigenvalue weighted by Crippen LogP contribution is 2.27. The number of hydrogen-bond donors (Lipinski definition) is 3. The lowest BCUT2D eigenvalue weighted by molar-refractivity contribution is -0.115. The van der Waals surface area contributed by atoms with Gasteiger partial charge in [0.2, 0.25) is 5.91 Å². The molecule has 0 radical (unpaired) electrons. The highest BCUT2D eigenvalue weighted by atomic mass is 16.5. The Morgan fingerprint density at radius 2 is 2.09 bits per heavy atom. The highest BCUT2D eigenvalue weighted by Gasteiger charge is 2.23. The molecule has 1 amide bonds. The first-order valence-electron chi connectivity index (χ1n) is 10.9. The number of aryl methyl sites for hydroxylation is 1. The first-order chi connectivity index (χ1) is 15.5. The zero-order valence-electron chi connectivity index (χ0n) is 18.5. The van der Waals surface area contributed by atoms with Gasteiger partial charge in [0.15, 0.2) is 5.82 Å². The number of carbonyl (C=O) groups excluding carboxylic acids is 1. The number of aliphatic hydroxyl groups excluding tert-OH is 1. The molecule has 0 spiro atoms. The Hall–Kier alpha value is -3.01. The molecule has 9 heteroatoms. The van der Waals surface area contributed by atoms with Crippen LogP contribution in [0.3, 0.4) is 0 Å². The predicted molar refractivity (Wildman–Crippen MR) is 123 cm³/mol. The molecule has 4 rings (SSSR count). The number of amides is 1. The minimum absolute atomic E-state index is 0.0958. The van der Waals surface area contributed by atoms with Gasteiger partial charge in [-0.05, 0) is 55.8 Å². The molecular formula is C23H30N6O3. The number of pyridine rings is 1. The molecule has 9 nitrogen and oxygen atoms in total. The van der Waals surface area contributed by atoms with Crippen molar-refractivity contribution >= 4 is 22.6 Å². The van der Waals surface area contributed by atoms with E-state index in [-0.39, 0.29) is 18.5 Å². The third-order valence-corrected chi connectivity index (χ3v) is 5.89. The van der Waals surface area contributed by atoms with Crippen LogP contribution in [0.25, 0.3) is 10.9 Å². The number of ether oxygens (including phenoxy) is 1. The summed E-state index contributed by atoms with van der Waals surface area (Å²) in [6.07, 6.45) is 4.77. The summed E-state index contributed by atoms with van der Waals surface area (Å²) in [5.41, 5.74) is 1.70. The van der Waals surface area contributed by atoms with Gasteiger partial charge >= 0.3 is 0 Å². The fraction of sp³-hybridized carbons (Fsp3) is 0.435. The Kier molecular flexibility index (Phi) is 6.99. The number of aromatic nitrogens is 3. The number of fused-ring (bicyclic) bond motifs is 1. The lowest BCUT2D eigenvalue weighted by atomic mass is 10.0. The number of piperidine rings is 1. The van der Waals surface area contributed by atoms with E-state index in [1.807, 2.05) is 31.3 Å². The van der Waals surface area contributed by atoms with Crippen molar-refractivity contribution < 1.29 is 14.6 Å². The number of nitrogens with zero attached hydrogens (tertiary/aromatic N) is 4. The van der Waals surface area contributed by atoms with E-state index in [1.165, 1.54) is 0 Å². The molecule has 0 unspecified atom stereocenters. The molecule has 1 aliphatic heterocycles. The second kappa shape index (κ2) is 10.1. The van der Waals surface area contributed by atoms with Crippen LogP contribution in [-0.2, 0) is 11.8 Å². The molecule has 0 bridgehead atoms. The van der Waals surface area contributed by atoms with Crippen LogP contribution in [-0.4, -0.2) is 70.0 Å². The molecule has 1 atom stereocenters. The SMILES string of the molecule is COc1ccc2nccc([C@@H](O)CN3CCC(NCC(=O)Nc4ccn(C)n4)CC3)c2c1. The van der Waals surface area contributed by atoms with Crippen LogP contribution < -0.4 is 15.4 Å². The lowest BCUT2D eigenvalue weighted by Crippen LogP contribution is -2.45. The maximum atomic E-state index is 12.1. The molecule has 0 saturated carbocycles. The Bertz CT molecular complexity index is 1060. The normalized spacial score (nSPS) is 16.2. The quantitative estimate of drug-likeness (QED) is 0.492. The molecule has 1 fully saturated rings. The van der Waals surface area contributed by atoms with Gasteiger partial charge in [0.05, 0.1) is 25.3 Å². The maximum Gasteiger partial charge on any atom is 0.239 e. The second-order valence-corrected chi connectivity index (χ2v) is 8.18. The average molecular weight is 439 g/mol. The summed E-state index contributed by atoms with van der Waals surface area (Å²) in [5, 5.41) is 22.1. The van der Waals surface area contributed by atoms with Crippen molar-refractivity contribution in [3.05, 3.63) is 48.3 Å².